The number of piperidine rings is 1. The number of ether oxygens (including phenoxy) is 1. The van der Waals surface area contributed by atoms with Crippen LogP contribution in [0.25, 0.3) is 0 Å². The molecule has 0 spiro atoms. The quantitative estimate of drug-likeness (QED) is 0.561. The minimum atomic E-state index is -3.54. The second-order valence-corrected chi connectivity index (χ2v) is 9.35. The van der Waals surface area contributed by atoms with E-state index in [0.29, 0.717) is 18.6 Å². The maximum Gasteiger partial charge on any atom is 0.296 e. The summed E-state index contributed by atoms with van der Waals surface area (Å²) in [4.78, 5) is 23.2. The molecule has 150 valence electrons. The van der Waals surface area contributed by atoms with Gasteiger partial charge in [0.05, 0.1) is 18.1 Å². The third-order valence-corrected chi connectivity index (χ3v) is 7.85. The van der Waals surface area contributed by atoms with E-state index in [9.17, 15) is 23.3 Å². The van der Waals surface area contributed by atoms with Gasteiger partial charge in [-0.3, -0.25) is 14.9 Å². The fraction of sp³-hybridized carbons (Fsp3) is 0.353. The van der Waals surface area contributed by atoms with E-state index < -0.39 is 20.9 Å². The molecule has 0 saturated carbocycles. The van der Waals surface area contributed by atoms with E-state index in [2.05, 4.69) is 5.32 Å². The van der Waals surface area contributed by atoms with Gasteiger partial charge in [0.25, 0.3) is 15.7 Å². The molecule has 2 heterocycles. The maximum atomic E-state index is 12.6. The van der Waals surface area contributed by atoms with Gasteiger partial charge in [0.15, 0.2) is 0 Å². The van der Waals surface area contributed by atoms with Crippen molar-refractivity contribution in [2.75, 3.05) is 25.5 Å². The number of nitro benzene ring substituents is 1. The highest BCUT2D eigenvalue weighted by Crippen LogP contribution is 2.31. The Balaban J connectivity index is 1.66. The highest BCUT2D eigenvalue weighted by molar-refractivity contribution is 7.91. The van der Waals surface area contributed by atoms with E-state index in [1.165, 1.54) is 29.6 Å². The van der Waals surface area contributed by atoms with Crippen LogP contribution < -0.4 is 10.1 Å². The molecule has 1 N–H and O–H groups in total. The SMILES string of the molecule is COc1ccc(NC(=O)C2CCN(S(=O)(=O)c3cccs3)CC2)c([N+](=O)[O-])c1. The molecule has 1 saturated heterocycles. The van der Waals surface area contributed by atoms with Gasteiger partial charge >= 0.3 is 0 Å². The van der Waals surface area contributed by atoms with Crippen molar-refractivity contribution in [3.63, 3.8) is 0 Å². The molecule has 0 atom stereocenters. The Morgan fingerprint density at radius 1 is 1.32 bits per heavy atom. The average Bonchev–Trinajstić information content (AvgIpc) is 3.24. The molecule has 3 rings (SSSR count). The van der Waals surface area contributed by atoms with Crippen LogP contribution in [0.5, 0.6) is 5.75 Å². The zero-order valence-corrected chi connectivity index (χ0v) is 16.7. The Morgan fingerprint density at radius 3 is 2.61 bits per heavy atom. The van der Waals surface area contributed by atoms with Crippen LogP contribution >= 0.6 is 11.3 Å². The third kappa shape index (κ3) is 4.16. The number of carbonyl (C=O) groups is 1. The first-order valence-corrected chi connectivity index (χ1v) is 10.8. The van der Waals surface area contributed by atoms with E-state index in [1.807, 2.05) is 0 Å². The van der Waals surface area contributed by atoms with Gasteiger partial charge in [-0.1, -0.05) is 6.07 Å². The smallest absolute Gasteiger partial charge is 0.296 e. The number of anilines is 1. The summed E-state index contributed by atoms with van der Waals surface area (Å²) in [6, 6.07) is 7.43. The zero-order chi connectivity index (χ0) is 20.3. The molecule has 1 fully saturated rings. The van der Waals surface area contributed by atoms with Gasteiger partial charge in [0.1, 0.15) is 15.6 Å². The standard InChI is InChI=1S/C17H19N3O6S2/c1-26-13-4-5-14(15(11-13)20(22)23)18-17(21)12-6-8-19(9-7-12)28(24,25)16-3-2-10-27-16/h2-5,10-12H,6-9H2,1H3,(H,18,21). The van der Waals surface area contributed by atoms with E-state index in [1.54, 1.807) is 17.5 Å². The fourth-order valence-electron chi connectivity index (χ4n) is 3.03. The molecule has 2 aromatic rings. The topological polar surface area (TPSA) is 119 Å². The van der Waals surface area contributed by atoms with Crippen molar-refractivity contribution in [1.82, 2.24) is 4.31 Å². The Bertz CT molecular complexity index is 967. The minimum Gasteiger partial charge on any atom is -0.496 e. The molecule has 0 radical (unpaired) electrons. The largest absolute Gasteiger partial charge is 0.496 e. The average molecular weight is 425 g/mol. The summed E-state index contributed by atoms with van der Waals surface area (Å²) in [5.41, 5.74) is -0.171. The minimum absolute atomic E-state index is 0.0874. The molecular formula is C17H19N3O6S2. The van der Waals surface area contributed by atoms with Crippen LogP contribution in [0.2, 0.25) is 0 Å². The van der Waals surface area contributed by atoms with Gasteiger partial charge in [-0.15, -0.1) is 11.3 Å². The number of sulfonamides is 1. The number of benzene rings is 1. The van der Waals surface area contributed by atoms with Crippen LogP contribution in [-0.4, -0.2) is 43.8 Å². The predicted molar refractivity (Wildman–Crippen MR) is 104 cm³/mol. The number of amides is 1. The first kappa shape index (κ1) is 20.2. The number of nitrogens with zero attached hydrogens (tertiary/aromatic N) is 2. The normalized spacial score (nSPS) is 15.9. The lowest BCUT2D eigenvalue weighted by Crippen LogP contribution is -2.41. The molecule has 11 heteroatoms. The molecule has 1 amide bonds. The van der Waals surface area contributed by atoms with Crippen molar-refractivity contribution in [2.45, 2.75) is 17.1 Å². The summed E-state index contributed by atoms with van der Waals surface area (Å²) >= 11 is 1.16. The van der Waals surface area contributed by atoms with Gasteiger partial charge in [-0.25, -0.2) is 8.42 Å². The van der Waals surface area contributed by atoms with Crippen molar-refractivity contribution in [3.8, 4) is 5.75 Å². The molecule has 0 unspecified atom stereocenters. The summed E-state index contributed by atoms with van der Waals surface area (Å²) in [6.07, 6.45) is 0.695. The molecule has 0 bridgehead atoms. The van der Waals surface area contributed by atoms with E-state index in [-0.39, 0.29) is 34.6 Å². The summed E-state index contributed by atoms with van der Waals surface area (Å²) in [5.74, 6) is -0.463. The lowest BCUT2D eigenvalue weighted by atomic mass is 9.97. The van der Waals surface area contributed by atoms with Gasteiger partial charge in [-0.05, 0) is 36.4 Å². The Hall–Kier alpha value is -2.50. The third-order valence-electron chi connectivity index (χ3n) is 4.57. The number of methoxy groups -OCH3 is 1. The van der Waals surface area contributed by atoms with E-state index in [0.717, 1.165) is 11.3 Å². The molecule has 28 heavy (non-hydrogen) atoms. The van der Waals surface area contributed by atoms with Crippen LogP contribution in [-0.2, 0) is 14.8 Å². The van der Waals surface area contributed by atoms with Gasteiger partial charge in [-0.2, -0.15) is 4.31 Å². The molecule has 1 aliphatic heterocycles. The monoisotopic (exact) mass is 425 g/mol. The highest BCUT2D eigenvalue weighted by atomic mass is 32.2. The number of nitro groups is 1. The van der Waals surface area contributed by atoms with E-state index in [4.69, 9.17) is 4.74 Å². The lowest BCUT2D eigenvalue weighted by Gasteiger charge is -2.30. The van der Waals surface area contributed by atoms with Crippen LogP contribution in [0.3, 0.4) is 0 Å². The maximum absolute atomic E-state index is 12.6. The van der Waals surface area contributed by atoms with Crippen molar-refractivity contribution < 1.29 is 22.9 Å². The van der Waals surface area contributed by atoms with Gasteiger partial charge in [0.2, 0.25) is 5.91 Å². The van der Waals surface area contributed by atoms with Gasteiger partial charge in [0, 0.05) is 19.0 Å². The number of nitrogens with one attached hydrogen (secondary N) is 1. The summed E-state index contributed by atoms with van der Waals surface area (Å²) < 4.78 is 31.7. The molecular weight excluding hydrogens is 406 g/mol. The Morgan fingerprint density at radius 2 is 2.04 bits per heavy atom. The lowest BCUT2D eigenvalue weighted by molar-refractivity contribution is -0.384. The van der Waals surface area contributed by atoms with Crippen LogP contribution in [0.15, 0.2) is 39.9 Å². The first-order valence-electron chi connectivity index (χ1n) is 8.50. The fourth-order valence-corrected chi connectivity index (χ4v) is 5.64. The number of carbonyl (C=O) groups excluding carboxylic acids is 1. The molecule has 9 nitrogen and oxygen atoms in total. The number of hydrogen-bond donors (Lipinski definition) is 1. The van der Waals surface area contributed by atoms with Crippen molar-refractivity contribution in [3.05, 3.63) is 45.8 Å². The summed E-state index contributed by atoms with van der Waals surface area (Å²) in [5, 5.41) is 15.5. The second-order valence-electron chi connectivity index (χ2n) is 6.24. The number of hydrogen-bond acceptors (Lipinski definition) is 7. The van der Waals surface area contributed by atoms with Crippen molar-refractivity contribution in [1.29, 1.82) is 0 Å². The van der Waals surface area contributed by atoms with E-state index >= 15 is 0 Å². The van der Waals surface area contributed by atoms with Crippen molar-refractivity contribution >= 4 is 38.6 Å². The molecule has 1 aliphatic rings. The molecule has 0 aliphatic carbocycles. The van der Waals surface area contributed by atoms with Crippen LogP contribution in [0, 0.1) is 16.0 Å². The van der Waals surface area contributed by atoms with Crippen molar-refractivity contribution in [2.24, 2.45) is 5.92 Å². The van der Waals surface area contributed by atoms with Crippen LogP contribution in [0.4, 0.5) is 11.4 Å². The zero-order valence-electron chi connectivity index (χ0n) is 15.0. The first-order chi connectivity index (χ1) is 13.3. The Kier molecular flexibility index (Phi) is 5.96. The predicted octanol–water partition coefficient (Wildman–Crippen LogP) is 2.70. The Labute approximate surface area is 166 Å². The molecule has 1 aromatic heterocycles. The highest BCUT2D eigenvalue weighted by Gasteiger charge is 2.33. The van der Waals surface area contributed by atoms with Gasteiger partial charge < -0.3 is 10.1 Å². The van der Waals surface area contributed by atoms with Crippen LogP contribution in [0.1, 0.15) is 12.8 Å². The summed E-state index contributed by atoms with van der Waals surface area (Å²) in [7, 11) is -2.14. The number of rotatable bonds is 6. The number of thiophene rings is 1. The molecule has 1 aromatic carbocycles. The summed E-state index contributed by atoms with van der Waals surface area (Å²) in [6.45, 7) is 0.450. The second kappa shape index (κ2) is 8.25.